The molecule has 1 saturated carbocycles. The molecule has 2 fully saturated rings. The number of rotatable bonds is 6. The van der Waals surface area contributed by atoms with Gasteiger partial charge in [-0.3, -0.25) is 4.79 Å². The van der Waals surface area contributed by atoms with E-state index in [0.717, 1.165) is 49.4 Å². The summed E-state index contributed by atoms with van der Waals surface area (Å²) in [5, 5.41) is 5.65. The van der Waals surface area contributed by atoms with Crippen LogP contribution in [0.15, 0.2) is 66.9 Å². The number of benzene rings is 2. The van der Waals surface area contributed by atoms with E-state index in [2.05, 4.69) is 57.7 Å². The van der Waals surface area contributed by atoms with E-state index in [1.165, 1.54) is 16.5 Å². The number of amides is 1. The molecule has 1 saturated heterocycles. The lowest BCUT2D eigenvalue weighted by Crippen LogP contribution is -2.26. The number of nitrogen functional groups attached to an aromatic ring is 1. The van der Waals surface area contributed by atoms with Gasteiger partial charge in [-0.25, -0.2) is 4.98 Å². The Bertz CT molecular complexity index is 1070. The number of carbonyl (C=O) groups excluding carboxylic acids is 1. The molecule has 3 N–H and O–H groups in total. The number of pyridine rings is 1. The van der Waals surface area contributed by atoms with Crippen LogP contribution < -0.4 is 16.0 Å². The molecule has 1 unspecified atom stereocenters. The number of piperidine rings is 1. The van der Waals surface area contributed by atoms with Crippen LogP contribution in [0, 0.1) is 17.8 Å². The molecule has 1 aliphatic carbocycles. The molecule has 1 aliphatic heterocycles. The second kappa shape index (κ2) is 7.82. The zero-order valence-electron chi connectivity index (χ0n) is 16.9. The molecule has 5 heteroatoms. The summed E-state index contributed by atoms with van der Waals surface area (Å²) in [4.78, 5) is 18.6. The van der Waals surface area contributed by atoms with Crippen LogP contribution in [-0.2, 0) is 4.79 Å². The average Bonchev–Trinajstić information content (AvgIpc) is 3.21. The Hall–Kier alpha value is -3.34. The van der Waals surface area contributed by atoms with E-state index in [1.54, 1.807) is 24.4 Å². The van der Waals surface area contributed by atoms with Crippen molar-refractivity contribution in [3.63, 3.8) is 0 Å². The third kappa shape index (κ3) is 3.75. The number of anilines is 2. The normalized spacial score (nSPS) is 22.4. The number of aromatic nitrogens is 1. The van der Waals surface area contributed by atoms with Crippen molar-refractivity contribution in [2.45, 2.75) is 6.42 Å². The number of hydrogen-bond acceptors (Lipinski definition) is 4. The minimum absolute atomic E-state index is 0.0602. The lowest BCUT2D eigenvalue weighted by atomic mass is 10.1. The molecule has 30 heavy (non-hydrogen) atoms. The Balaban J connectivity index is 1.09. The molecular formula is C25H26N4O. The fraction of sp³-hybridized carbons (Fsp3) is 0.280. The topological polar surface area (TPSA) is 71.2 Å². The fourth-order valence-corrected chi connectivity index (χ4v) is 4.87. The highest BCUT2D eigenvalue weighted by Crippen LogP contribution is 2.54. The van der Waals surface area contributed by atoms with E-state index < -0.39 is 0 Å². The minimum Gasteiger partial charge on any atom is -0.384 e. The van der Waals surface area contributed by atoms with Crippen LogP contribution in [0.2, 0.25) is 0 Å². The van der Waals surface area contributed by atoms with Crippen molar-refractivity contribution in [1.82, 2.24) is 10.3 Å². The first-order valence-corrected chi connectivity index (χ1v) is 10.6. The Morgan fingerprint density at radius 2 is 1.90 bits per heavy atom. The van der Waals surface area contributed by atoms with Crippen molar-refractivity contribution >= 4 is 34.3 Å². The quantitative estimate of drug-likeness (QED) is 0.621. The maximum absolute atomic E-state index is 12.0. The number of nitrogens with zero attached hydrogens (tertiary/aromatic N) is 2. The van der Waals surface area contributed by atoms with Gasteiger partial charge in [0.1, 0.15) is 5.82 Å². The molecule has 5 nitrogen and oxygen atoms in total. The second-order valence-corrected chi connectivity index (χ2v) is 8.32. The van der Waals surface area contributed by atoms with Crippen LogP contribution in [-0.4, -0.2) is 30.5 Å². The predicted octanol–water partition coefficient (Wildman–Crippen LogP) is 3.72. The molecule has 0 radical (unpaired) electrons. The molecule has 3 aromatic rings. The summed E-state index contributed by atoms with van der Waals surface area (Å²) in [5.74, 6) is 2.68. The smallest absolute Gasteiger partial charge is 0.244 e. The van der Waals surface area contributed by atoms with Gasteiger partial charge in [-0.05, 0) is 59.4 Å². The van der Waals surface area contributed by atoms with Gasteiger partial charge < -0.3 is 16.0 Å². The standard InChI is InChI=1S/C25H26N4O/c26-24-10-8-17(14-28-24)9-11-25(30)27-13-12-20-21-15-29(16-22(20)21)23-7-3-5-18-4-1-2-6-19(18)23/h1-11,14,20-22H,12-13,15-16H2,(H2,26,28)(H,27,30)/b11-9+/t20?,21-,22+. The fourth-order valence-electron chi connectivity index (χ4n) is 4.87. The molecule has 3 atom stereocenters. The third-order valence-electron chi connectivity index (χ3n) is 6.49. The molecule has 152 valence electrons. The van der Waals surface area contributed by atoms with Crippen LogP contribution in [0.1, 0.15) is 12.0 Å². The first kappa shape index (κ1) is 18.7. The van der Waals surface area contributed by atoms with Gasteiger partial charge in [0.05, 0.1) is 0 Å². The summed E-state index contributed by atoms with van der Waals surface area (Å²) in [5.41, 5.74) is 7.79. The molecule has 2 aromatic carbocycles. The Morgan fingerprint density at radius 1 is 1.10 bits per heavy atom. The molecule has 1 aromatic heterocycles. The van der Waals surface area contributed by atoms with Crippen LogP contribution in [0.5, 0.6) is 0 Å². The van der Waals surface area contributed by atoms with E-state index in [9.17, 15) is 4.79 Å². The summed E-state index contributed by atoms with van der Waals surface area (Å²) < 4.78 is 0. The van der Waals surface area contributed by atoms with Gasteiger partial charge in [0, 0.05) is 43.0 Å². The van der Waals surface area contributed by atoms with Crippen molar-refractivity contribution in [3.8, 4) is 0 Å². The maximum Gasteiger partial charge on any atom is 0.244 e. The van der Waals surface area contributed by atoms with Crippen LogP contribution in [0.25, 0.3) is 16.8 Å². The van der Waals surface area contributed by atoms with Crippen molar-refractivity contribution in [2.75, 3.05) is 30.3 Å². The first-order chi connectivity index (χ1) is 14.7. The highest BCUT2D eigenvalue weighted by atomic mass is 16.1. The van der Waals surface area contributed by atoms with E-state index in [1.807, 2.05) is 6.07 Å². The van der Waals surface area contributed by atoms with Gasteiger partial charge in [-0.2, -0.15) is 0 Å². The van der Waals surface area contributed by atoms with E-state index in [0.29, 0.717) is 5.82 Å². The lowest BCUT2D eigenvalue weighted by molar-refractivity contribution is -0.116. The van der Waals surface area contributed by atoms with Gasteiger partial charge in [0.15, 0.2) is 0 Å². The van der Waals surface area contributed by atoms with Crippen LogP contribution in [0.4, 0.5) is 11.5 Å². The van der Waals surface area contributed by atoms with E-state index >= 15 is 0 Å². The van der Waals surface area contributed by atoms with Crippen molar-refractivity contribution in [3.05, 3.63) is 72.4 Å². The van der Waals surface area contributed by atoms with Crippen LogP contribution >= 0.6 is 0 Å². The highest BCUT2D eigenvalue weighted by Gasteiger charge is 2.54. The van der Waals surface area contributed by atoms with Gasteiger partial charge in [0.2, 0.25) is 5.91 Å². The molecule has 5 rings (SSSR count). The Morgan fingerprint density at radius 3 is 2.70 bits per heavy atom. The minimum atomic E-state index is -0.0602. The van der Waals surface area contributed by atoms with E-state index in [4.69, 9.17) is 5.73 Å². The van der Waals surface area contributed by atoms with Gasteiger partial charge in [-0.1, -0.05) is 36.4 Å². The lowest BCUT2D eigenvalue weighted by Gasteiger charge is -2.23. The Labute approximate surface area is 176 Å². The maximum atomic E-state index is 12.0. The summed E-state index contributed by atoms with van der Waals surface area (Å²) >= 11 is 0. The zero-order chi connectivity index (χ0) is 20.5. The molecule has 2 heterocycles. The summed E-state index contributed by atoms with van der Waals surface area (Å²) in [6, 6.07) is 18.8. The third-order valence-corrected chi connectivity index (χ3v) is 6.49. The number of fused-ring (bicyclic) bond motifs is 2. The van der Waals surface area contributed by atoms with E-state index in [-0.39, 0.29) is 5.91 Å². The van der Waals surface area contributed by atoms with Crippen molar-refractivity contribution in [1.29, 1.82) is 0 Å². The predicted molar refractivity (Wildman–Crippen MR) is 122 cm³/mol. The summed E-state index contributed by atoms with van der Waals surface area (Å²) in [7, 11) is 0. The van der Waals surface area contributed by atoms with Gasteiger partial charge >= 0.3 is 0 Å². The highest BCUT2D eigenvalue weighted by molar-refractivity contribution is 5.94. The van der Waals surface area contributed by atoms with Crippen molar-refractivity contribution in [2.24, 2.45) is 17.8 Å². The molecular weight excluding hydrogens is 372 g/mol. The van der Waals surface area contributed by atoms with Gasteiger partial charge in [0.25, 0.3) is 0 Å². The monoisotopic (exact) mass is 398 g/mol. The molecule has 0 bridgehead atoms. The molecule has 2 aliphatic rings. The molecule has 1 amide bonds. The zero-order valence-corrected chi connectivity index (χ0v) is 16.9. The number of carbonyl (C=O) groups is 1. The first-order valence-electron chi connectivity index (χ1n) is 10.6. The summed E-state index contributed by atoms with van der Waals surface area (Å²) in [6.45, 7) is 2.98. The molecule has 0 spiro atoms. The largest absolute Gasteiger partial charge is 0.384 e. The Kier molecular flexibility index (Phi) is 4.87. The number of nitrogens with one attached hydrogen (secondary N) is 1. The number of nitrogens with two attached hydrogens (primary N) is 1. The summed E-state index contributed by atoms with van der Waals surface area (Å²) in [6.07, 6.45) is 6.03. The second-order valence-electron chi connectivity index (χ2n) is 8.32. The van der Waals surface area contributed by atoms with Crippen molar-refractivity contribution < 1.29 is 4.79 Å². The average molecular weight is 399 g/mol. The SMILES string of the molecule is Nc1ccc(/C=C/C(=O)NCCC2[C@H]3CN(c4cccc5ccccc45)C[C@@H]23)cn1. The van der Waals surface area contributed by atoms with Crippen LogP contribution in [0.3, 0.4) is 0 Å². The number of hydrogen-bond donors (Lipinski definition) is 2. The van der Waals surface area contributed by atoms with Gasteiger partial charge in [-0.15, -0.1) is 0 Å².